The molecule has 0 aliphatic heterocycles. The number of rotatable bonds is 6. The van der Waals surface area contributed by atoms with Crippen molar-refractivity contribution in [2.45, 2.75) is 0 Å². The third kappa shape index (κ3) is 5.45. The molecule has 10 aromatic rings. The van der Waals surface area contributed by atoms with Crippen molar-refractivity contribution in [2.75, 3.05) is 0 Å². The largest absolute Gasteiger partial charge is 0.309 e. The summed E-state index contributed by atoms with van der Waals surface area (Å²) in [4.78, 5) is 15.2. The Morgan fingerprint density at radius 2 is 0.660 bits per heavy atom. The van der Waals surface area contributed by atoms with E-state index in [1.165, 1.54) is 32.9 Å². The van der Waals surface area contributed by atoms with Crippen LogP contribution in [0.5, 0.6) is 0 Å². The van der Waals surface area contributed by atoms with Gasteiger partial charge in [-0.05, 0) is 63.4 Å². The van der Waals surface area contributed by atoms with Crippen LogP contribution >= 0.6 is 0 Å². The lowest BCUT2D eigenvalue weighted by molar-refractivity contribution is 1.08. The van der Waals surface area contributed by atoms with Gasteiger partial charge in [-0.1, -0.05) is 164 Å². The normalized spacial score (nSPS) is 11.4. The van der Waals surface area contributed by atoms with Gasteiger partial charge in [0.25, 0.3) is 0 Å². The highest BCUT2D eigenvalue weighted by Crippen LogP contribution is 2.36. The second kappa shape index (κ2) is 12.9. The number of nitrogens with zero attached hydrogens (tertiary/aromatic N) is 4. The first-order chi connectivity index (χ1) is 26.3. The minimum Gasteiger partial charge on any atom is -0.309 e. The van der Waals surface area contributed by atoms with E-state index in [0.29, 0.717) is 17.5 Å². The van der Waals surface area contributed by atoms with Crippen LogP contribution in [0.25, 0.3) is 94.7 Å². The molecule has 0 fully saturated rings. The van der Waals surface area contributed by atoms with E-state index >= 15 is 0 Å². The highest BCUT2D eigenvalue weighted by atomic mass is 15.0. The van der Waals surface area contributed by atoms with E-state index in [1.54, 1.807) is 0 Å². The number of fused-ring (bicyclic) bond motifs is 4. The number of aromatic nitrogens is 4. The fourth-order valence-corrected chi connectivity index (χ4v) is 7.52. The molecule has 0 aliphatic carbocycles. The summed E-state index contributed by atoms with van der Waals surface area (Å²) in [5.41, 5.74) is 11.0. The molecule has 0 amide bonds. The Labute approximate surface area is 307 Å². The summed E-state index contributed by atoms with van der Waals surface area (Å²) in [5, 5.41) is 4.78. The molecule has 0 N–H and O–H groups in total. The van der Waals surface area contributed by atoms with Gasteiger partial charge in [-0.3, -0.25) is 0 Å². The Kier molecular flexibility index (Phi) is 7.43. The molecule has 4 nitrogen and oxygen atoms in total. The lowest BCUT2D eigenvalue weighted by atomic mass is 9.94. The van der Waals surface area contributed by atoms with E-state index in [4.69, 9.17) is 15.0 Å². The van der Waals surface area contributed by atoms with Gasteiger partial charge in [0, 0.05) is 33.2 Å². The molecule has 2 heterocycles. The molecule has 53 heavy (non-hydrogen) atoms. The van der Waals surface area contributed by atoms with Gasteiger partial charge >= 0.3 is 0 Å². The second-order valence-corrected chi connectivity index (χ2v) is 13.2. The number of benzene rings is 8. The van der Waals surface area contributed by atoms with Gasteiger partial charge in [0.15, 0.2) is 17.5 Å². The van der Waals surface area contributed by atoms with Crippen molar-refractivity contribution in [1.29, 1.82) is 0 Å². The molecule has 248 valence electrons. The highest BCUT2D eigenvalue weighted by molar-refractivity contribution is 6.09. The Bertz CT molecular complexity index is 2860. The van der Waals surface area contributed by atoms with Crippen molar-refractivity contribution >= 4 is 32.6 Å². The van der Waals surface area contributed by atoms with Gasteiger partial charge < -0.3 is 4.57 Å². The summed E-state index contributed by atoms with van der Waals surface area (Å²) < 4.78 is 2.35. The molecular weight excluding hydrogens is 645 g/mol. The van der Waals surface area contributed by atoms with E-state index in [2.05, 4.69) is 162 Å². The quantitative estimate of drug-likeness (QED) is 0.176. The molecule has 2 aromatic heterocycles. The SMILES string of the molecule is c1ccc(-c2nc(-c3ccc(-c4ccc(-n5c6ccccc6c6ccccc65)cc4)cc3)nc(-c3ccc(-c4ccccc4)c4ccccc34)n2)cc1. The van der Waals surface area contributed by atoms with Crippen LogP contribution in [0.1, 0.15) is 0 Å². The van der Waals surface area contributed by atoms with E-state index in [9.17, 15) is 0 Å². The maximum absolute atomic E-state index is 5.12. The molecule has 0 radical (unpaired) electrons. The molecule has 8 aromatic carbocycles. The summed E-state index contributed by atoms with van der Waals surface area (Å²) in [7, 11) is 0. The molecule has 0 bridgehead atoms. The Morgan fingerprint density at radius 3 is 1.25 bits per heavy atom. The molecule has 0 atom stereocenters. The maximum atomic E-state index is 5.12. The van der Waals surface area contributed by atoms with Crippen molar-refractivity contribution in [2.24, 2.45) is 0 Å². The molecule has 0 saturated carbocycles. The Balaban J connectivity index is 1.03. The van der Waals surface area contributed by atoms with Crippen LogP contribution in [0.2, 0.25) is 0 Å². The van der Waals surface area contributed by atoms with Crippen LogP contribution in [0.3, 0.4) is 0 Å². The average Bonchev–Trinajstić information content (AvgIpc) is 3.58. The lowest BCUT2D eigenvalue weighted by Crippen LogP contribution is -2.00. The first kappa shape index (κ1) is 30.6. The zero-order valence-electron chi connectivity index (χ0n) is 28.8. The summed E-state index contributed by atoms with van der Waals surface area (Å²) in [6.45, 7) is 0. The molecule has 0 saturated heterocycles. The fraction of sp³-hybridized carbons (Fsp3) is 0. The zero-order valence-corrected chi connectivity index (χ0v) is 28.8. The van der Waals surface area contributed by atoms with Gasteiger partial charge in [-0.15, -0.1) is 0 Å². The molecule has 0 unspecified atom stereocenters. The van der Waals surface area contributed by atoms with Crippen LogP contribution in [0, 0.1) is 0 Å². The Morgan fingerprint density at radius 1 is 0.264 bits per heavy atom. The van der Waals surface area contributed by atoms with Crippen LogP contribution in [-0.2, 0) is 0 Å². The maximum Gasteiger partial charge on any atom is 0.164 e. The van der Waals surface area contributed by atoms with Crippen molar-refractivity contribution in [3.05, 3.63) is 194 Å². The first-order valence-electron chi connectivity index (χ1n) is 17.9. The summed E-state index contributed by atoms with van der Waals surface area (Å²) in [6, 6.07) is 68.0. The van der Waals surface area contributed by atoms with E-state index in [0.717, 1.165) is 44.3 Å². The van der Waals surface area contributed by atoms with Gasteiger partial charge in [-0.25, -0.2) is 15.0 Å². The van der Waals surface area contributed by atoms with Crippen molar-refractivity contribution in [3.63, 3.8) is 0 Å². The lowest BCUT2D eigenvalue weighted by Gasteiger charge is -2.13. The van der Waals surface area contributed by atoms with E-state index < -0.39 is 0 Å². The van der Waals surface area contributed by atoms with Crippen LogP contribution in [0.4, 0.5) is 0 Å². The van der Waals surface area contributed by atoms with Gasteiger partial charge in [0.1, 0.15) is 0 Å². The number of hydrogen-bond donors (Lipinski definition) is 0. The Hall–Kier alpha value is -7.17. The van der Waals surface area contributed by atoms with Gasteiger partial charge in [0.05, 0.1) is 11.0 Å². The van der Waals surface area contributed by atoms with Crippen LogP contribution in [0.15, 0.2) is 194 Å². The first-order valence-corrected chi connectivity index (χ1v) is 17.9. The minimum absolute atomic E-state index is 0.637. The topological polar surface area (TPSA) is 43.6 Å². The van der Waals surface area contributed by atoms with Crippen LogP contribution < -0.4 is 0 Å². The third-order valence-corrected chi connectivity index (χ3v) is 10.1. The number of para-hydroxylation sites is 2. The molecule has 4 heteroatoms. The average molecular weight is 677 g/mol. The summed E-state index contributed by atoms with van der Waals surface area (Å²) in [6.07, 6.45) is 0. The molecule has 10 rings (SSSR count). The summed E-state index contributed by atoms with van der Waals surface area (Å²) >= 11 is 0. The predicted octanol–water partition coefficient (Wildman–Crippen LogP) is 12.5. The predicted molar refractivity (Wildman–Crippen MR) is 219 cm³/mol. The van der Waals surface area contributed by atoms with Crippen LogP contribution in [-0.4, -0.2) is 19.5 Å². The molecule has 0 aliphatic rings. The standard InChI is InChI=1S/C49H32N4/c1-3-13-35(14-4-1)39-31-32-44(41-18-8-7-17-40(39)41)49-51-47(36-15-5-2-6-16-36)50-48(52-49)37-25-23-33(24-26-37)34-27-29-38(30-28-34)53-45-21-11-9-19-42(45)43-20-10-12-22-46(43)53/h1-32H. The minimum atomic E-state index is 0.637. The smallest absolute Gasteiger partial charge is 0.164 e. The number of hydrogen-bond acceptors (Lipinski definition) is 3. The zero-order chi connectivity index (χ0) is 35.1. The van der Waals surface area contributed by atoms with Crippen molar-refractivity contribution < 1.29 is 0 Å². The van der Waals surface area contributed by atoms with Crippen molar-refractivity contribution in [3.8, 4) is 62.1 Å². The van der Waals surface area contributed by atoms with Crippen molar-refractivity contribution in [1.82, 2.24) is 19.5 Å². The third-order valence-electron chi connectivity index (χ3n) is 10.1. The second-order valence-electron chi connectivity index (χ2n) is 13.2. The highest BCUT2D eigenvalue weighted by Gasteiger charge is 2.17. The monoisotopic (exact) mass is 676 g/mol. The van der Waals surface area contributed by atoms with Gasteiger partial charge in [-0.2, -0.15) is 0 Å². The molecule has 0 spiro atoms. The fourth-order valence-electron chi connectivity index (χ4n) is 7.52. The summed E-state index contributed by atoms with van der Waals surface area (Å²) in [5.74, 6) is 1.93. The van der Waals surface area contributed by atoms with E-state index in [-0.39, 0.29) is 0 Å². The van der Waals surface area contributed by atoms with Gasteiger partial charge in [0.2, 0.25) is 0 Å². The molecular formula is C49H32N4. The van der Waals surface area contributed by atoms with E-state index in [1.807, 2.05) is 36.4 Å².